The van der Waals surface area contributed by atoms with E-state index in [1.54, 1.807) is 43.3 Å². The average Bonchev–Trinajstić information content (AvgIpc) is 3.10. The smallest absolute Gasteiger partial charge is 0.295 e. The van der Waals surface area contributed by atoms with Gasteiger partial charge >= 0.3 is 0 Å². The molecule has 36 heavy (non-hydrogen) atoms. The molecule has 0 bridgehead atoms. The fraction of sp³-hybridized carbons (Fsp3) is 0.429. The molecule has 0 radical (unpaired) electrons. The number of likely N-dealkylation sites (tertiary alicyclic amines) is 1. The number of carbonyl (C=O) groups excluding carboxylic acids is 2. The van der Waals surface area contributed by atoms with Crippen molar-refractivity contribution in [2.45, 2.75) is 39.2 Å². The normalized spacial score (nSPS) is 17.1. The second-order valence-electron chi connectivity index (χ2n) is 9.04. The first kappa shape index (κ1) is 27.1. The largest absolute Gasteiger partial charge is 0.507 e. The highest BCUT2D eigenvalue weighted by Gasteiger charge is 2.46. The molecular formula is C28H36N2O6. The maximum absolute atomic E-state index is 13.3. The van der Waals surface area contributed by atoms with Gasteiger partial charge in [0.2, 0.25) is 0 Å². The number of aliphatic hydroxyl groups excluding tert-OH is 1. The molecule has 1 heterocycles. The van der Waals surface area contributed by atoms with Gasteiger partial charge in [0.25, 0.3) is 11.7 Å². The van der Waals surface area contributed by atoms with Crippen molar-refractivity contribution in [3.05, 3.63) is 59.2 Å². The molecule has 1 unspecified atom stereocenters. The number of ketones is 1. The van der Waals surface area contributed by atoms with E-state index >= 15 is 0 Å². The van der Waals surface area contributed by atoms with Gasteiger partial charge in [-0.15, -0.1) is 0 Å². The molecule has 2 N–H and O–H groups in total. The molecule has 0 saturated carbocycles. The van der Waals surface area contributed by atoms with Gasteiger partial charge in [0, 0.05) is 12.1 Å². The first-order valence-electron chi connectivity index (χ1n) is 12.4. The van der Waals surface area contributed by atoms with Gasteiger partial charge in [-0.3, -0.25) is 9.59 Å². The summed E-state index contributed by atoms with van der Waals surface area (Å²) in [6.45, 7) is 5.82. The van der Waals surface area contributed by atoms with E-state index < -0.39 is 17.7 Å². The van der Waals surface area contributed by atoms with Gasteiger partial charge in [0.15, 0.2) is 11.5 Å². The Labute approximate surface area is 212 Å². The highest BCUT2D eigenvalue weighted by Crippen LogP contribution is 2.42. The quantitative estimate of drug-likeness (QED) is 0.195. The minimum atomic E-state index is -0.823. The van der Waals surface area contributed by atoms with Crippen molar-refractivity contribution in [1.29, 1.82) is 0 Å². The predicted octanol–water partition coefficient (Wildman–Crippen LogP) is 4.34. The molecule has 194 valence electrons. The van der Waals surface area contributed by atoms with Crippen molar-refractivity contribution in [3.8, 4) is 17.2 Å². The maximum Gasteiger partial charge on any atom is 0.295 e. The zero-order valence-corrected chi connectivity index (χ0v) is 21.5. The van der Waals surface area contributed by atoms with Crippen LogP contribution in [-0.4, -0.2) is 72.1 Å². The third-order valence-corrected chi connectivity index (χ3v) is 6.02. The molecule has 0 aliphatic carbocycles. The van der Waals surface area contributed by atoms with Gasteiger partial charge in [0.1, 0.15) is 11.5 Å². The van der Waals surface area contributed by atoms with Gasteiger partial charge in [-0.25, -0.2) is 0 Å². The number of hydrogen-bond donors (Lipinski definition) is 2. The number of hydrogen-bond acceptors (Lipinski definition) is 7. The molecule has 0 aromatic heterocycles. The minimum Gasteiger partial charge on any atom is -0.507 e. The number of Topliss-reactive ketones (excluding diaryl/α,β-unsaturated/α-hetero) is 1. The number of aliphatic hydroxyl groups is 1. The Balaban J connectivity index is 2.08. The molecular weight excluding hydrogens is 460 g/mol. The number of unbranched alkanes of at least 4 members (excludes halogenated alkanes) is 1. The zero-order valence-electron chi connectivity index (χ0n) is 21.5. The molecule has 8 heteroatoms. The number of nitrogens with zero attached hydrogens (tertiary/aromatic N) is 2. The lowest BCUT2D eigenvalue weighted by atomic mass is 9.95. The lowest BCUT2D eigenvalue weighted by molar-refractivity contribution is -0.139. The van der Waals surface area contributed by atoms with E-state index in [0.717, 1.165) is 19.4 Å². The van der Waals surface area contributed by atoms with Crippen LogP contribution in [0.3, 0.4) is 0 Å². The summed E-state index contributed by atoms with van der Waals surface area (Å²) in [7, 11) is 3.88. The van der Waals surface area contributed by atoms with Gasteiger partial charge in [-0.2, -0.15) is 0 Å². The van der Waals surface area contributed by atoms with Crippen molar-refractivity contribution >= 4 is 17.4 Å². The number of rotatable bonds is 12. The van der Waals surface area contributed by atoms with Crippen molar-refractivity contribution < 1.29 is 29.3 Å². The number of amides is 1. The third kappa shape index (κ3) is 6.18. The summed E-state index contributed by atoms with van der Waals surface area (Å²) >= 11 is 0. The Hall–Kier alpha value is -3.52. The Morgan fingerprint density at radius 2 is 1.83 bits per heavy atom. The van der Waals surface area contributed by atoms with Crippen molar-refractivity contribution in [1.82, 2.24) is 9.80 Å². The molecule has 2 aromatic rings. The van der Waals surface area contributed by atoms with Crippen LogP contribution in [0.25, 0.3) is 5.76 Å². The predicted molar refractivity (Wildman–Crippen MR) is 138 cm³/mol. The first-order valence-corrected chi connectivity index (χ1v) is 12.4. The summed E-state index contributed by atoms with van der Waals surface area (Å²) in [6.07, 6.45) is 2.54. The Morgan fingerprint density at radius 1 is 1.06 bits per heavy atom. The summed E-state index contributed by atoms with van der Waals surface area (Å²) in [5.41, 5.74) is 0.963. The molecule has 0 spiro atoms. The summed E-state index contributed by atoms with van der Waals surface area (Å²) in [5.74, 6) is -0.886. The average molecular weight is 497 g/mol. The van der Waals surface area contributed by atoms with E-state index in [4.69, 9.17) is 9.47 Å². The Bertz CT molecular complexity index is 1110. The topological polar surface area (TPSA) is 99.5 Å². The summed E-state index contributed by atoms with van der Waals surface area (Å²) in [6, 6.07) is 10.8. The van der Waals surface area contributed by atoms with Crippen molar-refractivity contribution in [2.24, 2.45) is 0 Å². The van der Waals surface area contributed by atoms with E-state index in [9.17, 15) is 19.8 Å². The lowest BCUT2D eigenvalue weighted by Crippen LogP contribution is -2.32. The van der Waals surface area contributed by atoms with Crippen LogP contribution >= 0.6 is 0 Å². The van der Waals surface area contributed by atoms with Crippen LogP contribution in [0, 0.1) is 0 Å². The van der Waals surface area contributed by atoms with Crippen LogP contribution in [0.1, 0.15) is 50.3 Å². The van der Waals surface area contributed by atoms with Crippen molar-refractivity contribution in [3.63, 3.8) is 0 Å². The number of benzene rings is 2. The molecule has 1 atom stereocenters. The fourth-order valence-electron chi connectivity index (χ4n) is 4.21. The summed E-state index contributed by atoms with van der Waals surface area (Å²) in [4.78, 5) is 29.9. The SMILES string of the molecule is CCCCOc1cccc(/C(O)=C2\C(=O)C(=O)N(CCCN(C)C)C2c2ccc(O)c(OCC)c2)c1. The third-order valence-electron chi connectivity index (χ3n) is 6.02. The number of phenols is 1. The zero-order chi connectivity index (χ0) is 26.2. The van der Waals surface area contributed by atoms with Crippen LogP contribution in [0.5, 0.6) is 17.2 Å². The second kappa shape index (κ2) is 12.4. The van der Waals surface area contributed by atoms with E-state index in [1.165, 1.54) is 11.0 Å². The van der Waals surface area contributed by atoms with E-state index in [-0.39, 0.29) is 22.8 Å². The highest BCUT2D eigenvalue weighted by atomic mass is 16.5. The number of ether oxygens (including phenoxy) is 2. The number of carbonyl (C=O) groups is 2. The molecule has 1 aliphatic heterocycles. The van der Waals surface area contributed by atoms with Gasteiger partial charge in [-0.1, -0.05) is 31.5 Å². The van der Waals surface area contributed by atoms with Crippen LogP contribution in [-0.2, 0) is 9.59 Å². The minimum absolute atomic E-state index is 0.00343. The molecule has 8 nitrogen and oxygen atoms in total. The van der Waals surface area contributed by atoms with Crippen molar-refractivity contribution in [2.75, 3.05) is 40.4 Å². The van der Waals surface area contributed by atoms with Crippen LogP contribution in [0.4, 0.5) is 0 Å². The Kier molecular flexibility index (Phi) is 9.36. The molecule has 1 saturated heterocycles. The van der Waals surface area contributed by atoms with Gasteiger partial charge < -0.3 is 29.5 Å². The number of phenolic OH excluding ortho intramolecular Hbond substituents is 1. The standard InChI is InChI=1S/C28H36N2O6/c1-5-7-16-36-21-11-8-10-20(17-21)26(32)24-25(19-12-13-22(31)23(18-19)35-6-2)30(28(34)27(24)33)15-9-14-29(3)4/h8,10-13,17-18,25,31-32H,5-7,9,14-16H2,1-4H3/b26-24+. The maximum atomic E-state index is 13.3. The highest BCUT2D eigenvalue weighted by molar-refractivity contribution is 6.46. The second-order valence-corrected chi connectivity index (χ2v) is 9.04. The van der Waals surface area contributed by atoms with Crippen LogP contribution in [0.15, 0.2) is 48.0 Å². The molecule has 1 fully saturated rings. The number of aromatic hydroxyl groups is 1. The molecule has 1 aliphatic rings. The monoisotopic (exact) mass is 496 g/mol. The molecule has 3 rings (SSSR count). The van der Waals surface area contributed by atoms with Crippen LogP contribution in [0.2, 0.25) is 0 Å². The van der Waals surface area contributed by atoms with E-state index in [2.05, 4.69) is 6.92 Å². The summed E-state index contributed by atoms with van der Waals surface area (Å²) in [5, 5.41) is 21.5. The summed E-state index contributed by atoms with van der Waals surface area (Å²) < 4.78 is 11.3. The van der Waals surface area contributed by atoms with E-state index in [0.29, 0.717) is 43.1 Å². The van der Waals surface area contributed by atoms with Gasteiger partial charge in [0.05, 0.1) is 24.8 Å². The van der Waals surface area contributed by atoms with E-state index in [1.807, 2.05) is 19.0 Å². The Morgan fingerprint density at radius 3 is 2.53 bits per heavy atom. The van der Waals surface area contributed by atoms with Crippen LogP contribution < -0.4 is 9.47 Å². The molecule has 1 amide bonds. The first-order chi connectivity index (χ1) is 17.3. The van der Waals surface area contributed by atoms with Gasteiger partial charge in [-0.05, 0) is 70.2 Å². The lowest BCUT2D eigenvalue weighted by Gasteiger charge is -2.26. The fourth-order valence-corrected chi connectivity index (χ4v) is 4.21. The molecule has 2 aromatic carbocycles.